The number of methoxy groups -OCH3 is 1. The van der Waals surface area contributed by atoms with Crippen molar-refractivity contribution in [1.29, 1.82) is 0 Å². The summed E-state index contributed by atoms with van der Waals surface area (Å²) in [5, 5.41) is 0. The molecular weight excluding hydrogens is 486 g/mol. The molecule has 0 unspecified atom stereocenters. The molecule has 0 heterocycles. The first kappa shape index (κ1) is 43.6. The molecule has 0 aromatic rings. The minimum atomic E-state index is 0.968. The van der Waals surface area contributed by atoms with E-state index in [4.69, 9.17) is 28.0 Å². The third-order valence-electron chi connectivity index (χ3n) is 1.96. The van der Waals surface area contributed by atoms with Crippen LogP contribution in [0.1, 0.15) is 20.8 Å². The van der Waals surface area contributed by atoms with E-state index in [0.717, 1.165) is 4.08 Å². The average molecular weight is 509 g/mol. The van der Waals surface area contributed by atoms with Crippen LogP contribution in [0.15, 0.2) is 0 Å². The van der Waals surface area contributed by atoms with Crippen molar-refractivity contribution in [3.63, 3.8) is 0 Å². The summed E-state index contributed by atoms with van der Waals surface area (Å²) in [4.78, 5) is 1.68. The van der Waals surface area contributed by atoms with E-state index in [1.807, 2.05) is 6.42 Å². The summed E-state index contributed by atoms with van der Waals surface area (Å²) in [5.41, 5.74) is 0. The second-order valence-electron chi connectivity index (χ2n) is 2.74. The molecule has 0 bridgehead atoms. The van der Waals surface area contributed by atoms with Crippen molar-refractivity contribution in [2.75, 3.05) is 26.7 Å². The molecule has 7 nitrogen and oxygen atoms in total. The standard InChI is InChI=1S/C6H15N.C5H7O.5CO.W/c1-4-7(5-2)6-3;1-3-4-5-6-2;5*1-2;/h4-6H2,1-3H3;3-4H,1H2,2H3;;;;;;/p+1. The zero-order chi connectivity index (χ0) is 21.4. The SMILES string of the molecule is CC[NH+](CC)CC.[C-]#[O+].[C-]#[O+].[C-]#[O+].[C-]#[O+].[C-]#[O+].[CH2][CH][CH][C](=[W])OC. The Bertz CT molecular complexity index is 253. The topological polar surface area (TPSA) is 113 Å². The van der Waals surface area contributed by atoms with E-state index in [-0.39, 0.29) is 0 Å². The molecule has 0 atom stereocenters. The van der Waals surface area contributed by atoms with Gasteiger partial charge in [0, 0.05) is 0 Å². The second-order valence-corrected chi connectivity index (χ2v) is 4.18. The van der Waals surface area contributed by atoms with Gasteiger partial charge in [-0.05, 0) is 20.8 Å². The van der Waals surface area contributed by atoms with Crippen molar-refractivity contribution in [2.24, 2.45) is 0 Å². The molecule has 133 valence electrons. The van der Waals surface area contributed by atoms with Gasteiger partial charge >= 0.3 is 112 Å². The maximum absolute atomic E-state index is 7.50. The molecule has 0 fully saturated rings. The van der Waals surface area contributed by atoms with E-state index in [2.05, 4.69) is 60.9 Å². The second kappa shape index (κ2) is 79.6. The number of ether oxygens (including phenoxy) is 1. The fraction of sp³-hybridized carbons (Fsp3) is 0.438. The van der Waals surface area contributed by atoms with Crippen molar-refractivity contribution in [1.82, 2.24) is 0 Å². The average Bonchev–Trinajstić information content (AvgIpc) is 2.71. The Morgan fingerprint density at radius 2 is 1.12 bits per heavy atom. The summed E-state index contributed by atoms with van der Waals surface area (Å²) in [7, 11) is 1.66. The van der Waals surface area contributed by atoms with Crippen LogP contribution < -0.4 is 4.90 Å². The summed E-state index contributed by atoms with van der Waals surface area (Å²) >= 11 is 1.33. The van der Waals surface area contributed by atoms with Crippen molar-refractivity contribution >= 4 is 4.08 Å². The number of hydrogen-bond donors (Lipinski definition) is 1. The van der Waals surface area contributed by atoms with E-state index in [1.165, 1.54) is 39.0 Å². The summed E-state index contributed by atoms with van der Waals surface area (Å²) in [6, 6.07) is 0. The van der Waals surface area contributed by atoms with Gasteiger partial charge in [-0.2, -0.15) is 0 Å². The van der Waals surface area contributed by atoms with Gasteiger partial charge in [-0.15, -0.1) is 0 Å². The molecular formula is C16H23NO6W+. The fourth-order valence-electron chi connectivity index (χ4n) is 0.914. The van der Waals surface area contributed by atoms with Gasteiger partial charge in [0.1, 0.15) is 0 Å². The quantitative estimate of drug-likeness (QED) is 0.403. The van der Waals surface area contributed by atoms with Gasteiger partial charge in [0.2, 0.25) is 0 Å². The molecule has 1 N–H and O–H groups in total. The van der Waals surface area contributed by atoms with Gasteiger partial charge in [0.25, 0.3) is 0 Å². The molecule has 3 radical (unpaired) electrons. The van der Waals surface area contributed by atoms with Crippen LogP contribution in [0.5, 0.6) is 0 Å². The molecule has 0 aliphatic rings. The maximum atomic E-state index is 7.50. The Kier molecular flexibility index (Phi) is 144. The van der Waals surface area contributed by atoms with Gasteiger partial charge in [-0.25, -0.2) is 0 Å². The van der Waals surface area contributed by atoms with Gasteiger partial charge in [0.05, 0.1) is 19.6 Å². The van der Waals surface area contributed by atoms with E-state index < -0.39 is 0 Å². The van der Waals surface area contributed by atoms with Crippen molar-refractivity contribution in [2.45, 2.75) is 20.8 Å². The summed E-state index contributed by atoms with van der Waals surface area (Å²) in [6.45, 7) is 36.5. The molecule has 0 saturated heterocycles. The van der Waals surface area contributed by atoms with Gasteiger partial charge in [-0.1, -0.05) is 0 Å². The Morgan fingerprint density at radius 1 is 0.875 bits per heavy atom. The Morgan fingerprint density at radius 3 is 1.17 bits per heavy atom. The van der Waals surface area contributed by atoms with Crippen molar-refractivity contribution in [3.8, 4) is 0 Å². The molecule has 0 amide bonds. The molecule has 0 aliphatic carbocycles. The third-order valence-corrected chi connectivity index (χ3v) is 3.04. The Labute approximate surface area is 157 Å². The van der Waals surface area contributed by atoms with Crippen LogP contribution in [0.4, 0.5) is 0 Å². The van der Waals surface area contributed by atoms with Crippen LogP contribution in [-0.4, -0.2) is 30.8 Å². The van der Waals surface area contributed by atoms with Crippen LogP contribution in [0.2, 0.25) is 0 Å². The Balaban J connectivity index is -0.0000000317. The number of nitrogens with one attached hydrogen (secondary N) is 1. The van der Waals surface area contributed by atoms with Crippen LogP contribution in [0.25, 0.3) is 0 Å². The molecule has 8 heteroatoms. The first-order valence-corrected chi connectivity index (χ1v) is 7.52. The van der Waals surface area contributed by atoms with E-state index >= 15 is 0 Å². The van der Waals surface area contributed by atoms with Crippen LogP contribution in [0.3, 0.4) is 0 Å². The first-order valence-electron chi connectivity index (χ1n) is 6.05. The van der Waals surface area contributed by atoms with Gasteiger partial charge in [0.15, 0.2) is 0 Å². The molecule has 0 rings (SSSR count). The normalized spacial score (nSPS) is 6.00. The predicted molar refractivity (Wildman–Crippen MR) is 78.2 cm³/mol. The predicted octanol–water partition coefficient (Wildman–Crippen LogP) is 0.296. The van der Waals surface area contributed by atoms with Crippen LogP contribution in [-0.2, 0) is 47.4 Å². The number of rotatable bonds is 6. The molecule has 0 aliphatic heterocycles. The van der Waals surface area contributed by atoms with Crippen LogP contribution >= 0.6 is 0 Å². The van der Waals surface area contributed by atoms with E-state index in [9.17, 15) is 0 Å². The molecule has 0 aromatic heterocycles. The van der Waals surface area contributed by atoms with Crippen LogP contribution in [0, 0.1) is 53.0 Å². The molecule has 0 spiro atoms. The Hall–Kier alpha value is -0.822. The fourth-order valence-corrected chi connectivity index (χ4v) is 1.26. The molecule has 24 heavy (non-hydrogen) atoms. The van der Waals surface area contributed by atoms with Crippen molar-refractivity contribution in [3.05, 3.63) is 53.0 Å². The number of quaternary nitrogens is 1. The van der Waals surface area contributed by atoms with E-state index in [0.29, 0.717) is 0 Å². The number of hydrogen-bond acceptors (Lipinski definition) is 1. The third kappa shape index (κ3) is 83.2. The molecule has 0 saturated carbocycles. The first-order chi connectivity index (χ1) is 11.7. The molecule has 0 aromatic carbocycles. The van der Waals surface area contributed by atoms with Crippen molar-refractivity contribution < 1.29 is 52.3 Å². The van der Waals surface area contributed by atoms with Gasteiger partial charge in [-0.3, -0.25) is 0 Å². The minimum absolute atomic E-state index is 0.968. The zero-order valence-corrected chi connectivity index (χ0v) is 17.3. The summed E-state index contributed by atoms with van der Waals surface area (Å²) in [6.07, 6.45) is 3.56. The van der Waals surface area contributed by atoms with Gasteiger partial charge < -0.3 is 4.90 Å². The summed E-state index contributed by atoms with van der Waals surface area (Å²) < 4.78 is 43.3. The zero-order valence-electron chi connectivity index (χ0n) is 14.3. The van der Waals surface area contributed by atoms with E-state index in [1.54, 1.807) is 18.4 Å². The summed E-state index contributed by atoms with van der Waals surface area (Å²) in [5.74, 6) is 0. The monoisotopic (exact) mass is 509 g/mol.